The van der Waals surface area contributed by atoms with Crippen LogP contribution in [0.3, 0.4) is 0 Å². The molecule has 2 N–H and O–H groups in total. The van der Waals surface area contributed by atoms with E-state index in [1.807, 2.05) is 18.5 Å². The molecule has 1 aromatic rings. The summed E-state index contributed by atoms with van der Waals surface area (Å²) in [6.45, 7) is 1.93. The molecule has 0 radical (unpaired) electrons. The Balaban J connectivity index is 3.09. The molecule has 0 aliphatic carbocycles. The highest BCUT2D eigenvalue weighted by Gasteiger charge is 1.96. The topological polar surface area (TPSA) is 32.3 Å². The smallest absolute Gasteiger partial charge is 0.0790 e. The molecule has 0 saturated carbocycles. The van der Waals surface area contributed by atoms with Crippen molar-refractivity contribution in [1.82, 2.24) is 0 Å². The first-order valence-electron chi connectivity index (χ1n) is 2.90. The van der Waals surface area contributed by atoms with Gasteiger partial charge in [-0.1, -0.05) is 17.7 Å². The number of benzene rings is 1. The van der Waals surface area contributed by atoms with E-state index in [1.165, 1.54) is 0 Å². The minimum atomic E-state index is 0.521. The summed E-state index contributed by atoms with van der Waals surface area (Å²) in [7, 11) is 0. The van der Waals surface area contributed by atoms with Crippen LogP contribution in [0.5, 0.6) is 0 Å². The normalized spacial score (nSPS) is 9.50. The van der Waals surface area contributed by atoms with Crippen LogP contribution in [0.4, 0.5) is 5.69 Å². The summed E-state index contributed by atoms with van der Waals surface area (Å²) in [6.07, 6.45) is 0. The molecule has 1 rings (SSSR count). The van der Waals surface area contributed by atoms with Crippen LogP contribution in [0.2, 0.25) is 5.02 Å². The van der Waals surface area contributed by atoms with Gasteiger partial charge < -0.3 is 0 Å². The van der Waals surface area contributed by atoms with Crippen molar-refractivity contribution in [2.45, 2.75) is 6.92 Å². The molecule has 0 fully saturated rings. The van der Waals surface area contributed by atoms with Crippen molar-refractivity contribution in [3.63, 3.8) is 0 Å². The lowest BCUT2D eigenvalue weighted by Gasteiger charge is -2.01. The van der Waals surface area contributed by atoms with Crippen LogP contribution in [0, 0.1) is 6.92 Å². The zero-order chi connectivity index (χ0) is 7.56. The highest BCUT2D eigenvalue weighted by molar-refractivity contribution is 6.33. The summed E-state index contributed by atoms with van der Waals surface area (Å²) >= 11 is 5.67. The molecule has 0 spiro atoms. The minimum absolute atomic E-state index is 0.521. The maximum atomic E-state index is 8.51. The van der Waals surface area contributed by atoms with Crippen molar-refractivity contribution in [2.24, 2.45) is 0 Å². The molecule has 2 nitrogen and oxygen atoms in total. The molecule has 0 aliphatic rings. The fraction of sp³-hybridized carbons (Fsp3) is 0.143. The molecular weight excluding hydrogens is 150 g/mol. The summed E-state index contributed by atoms with van der Waals surface area (Å²) in [5.74, 6) is 0. The second kappa shape index (κ2) is 2.90. The number of hydrogen-bond acceptors (Lipinski definition) is 2. The second-order valence-electron chi connectivity index (χ2n) is 2.10. The molecule has 0 aromatic heterocycles. The van der Waals surface area contributed by atoms with Crippen molar-refractivity contribution >= 4 is 17.3 Å². The maximum absolute atomic E-state index is 8.51. The van der Waals surface area contributed by atoms with Crippen LogP contribution >= 0.6 is 11.6 Å². The highest BCUT2D eigenvalue weighted by Crippen LogP contribution is 2.21. The lowest BCUT2D eigenvalue weighted by atomic mass is 10.2. The van der Waals surface area contributed by atoms with E-state index in [0.717, 1.165) is 5.56 Å². The van der Waals surface area contributed by atoms with Gasteiger partial charge in [-0.15, -0.1) is 0 Å². The molecule has 0 aliphatic heterocycles. The Labute approximate surface area is 64.4 Å². The van der Waals surface area contributed by atoms with Crippen molar-refractivity contribution in [1.29, 1.82) is 0 Å². The lowest BCUT2D eigenvalue weighted by Crippen LogP contribution is -1.89. The second-order valence-corrected chi connectivity index (χ2v) is 2.50. The number of rotatable bonds is 1. The van der Waals surface area contributed by atoms with Gasteiger partial charge in [-0.05, 0) is 24.6 Å². The zero-order valence-electron chi connectivity index (χ0n) is 5.56. The van der Waals surface area contributed by atoms with Crippen molar-refractivity contribution in [2.75, 3.05) is 5.48 Å². The quantitative estimate of drug-likeness (QED) is 0.614. The third-order valence-electron chi connectivity index (χ3n) is 1.24. The Kier molecular flexibility index (Phi) is 2.14. The largest absolute Gasteiger partial charge is 0.291 e. The molecule has 0 heterocycles. The Bertz CT molecular complexity index is 237. The van der Waals surface area contributed by atoms with E-state index >= 15 is 0 Å². The van der Waals surface area contributed by atoms with E-state index in [2.05, 4.69) is 0 Å². The number of nitrogens with one attached hydrogen (secondary N) is 1. The predicted octanol–water partition coefficient (Wildman–Crippen LogP) is 2.45. The van der Waals surface area contributed by atoms with E-state index in [0.29, 0.717) is 10.7 Å². The van der Waals surface area contributed by atoms with Crippen LogP contribution in [-0.2, 0) is 0 Å². The Morgan fingerprint density at radius 2 is 2.20 bits per heavy atom. The van der Waals surface area contributed by atoms with Crippen molar-refractivity contribution in [3.05, 3.63) is 28.8 Å². The van der Waals surface area contributed by atoms with Gasteiger partial charge in [0.2, 0.25) is 0 Å². The number of aryl methyl sites for hydroxylation is 1. The van der Waals surface area contributed by atoms with Gasteiger partial charge in [-0.3, -0.25) is 10.7 Å². The Hall–Kier alpha value is -0.730. The van der Waals surface area contributed by atoms with E-state index in [9.17, 15) is 0 Å². The Morgan fingerprint density at radius 1 is 1.50 bits per heavy atom. The number of halogens is 1. The summed E-state index contributed by atoms with van der Waals surface area (Å²) in [4.78, 5) is 0. The van der Waals surface area contributed by atoms with Gasteiger partial charge in [0, 0.05) is 0 Å². The van der Waals surface area contributed by atoms with Gasteiger partial charge in [0.05, 0.1) is 10.7 Å². The van der Waals surface area contributed by atoms with Crippen molar-refractivity contribution in [3.8, 4) is 0 Å². The Morgan fingerprint density at radius 3 is 2.70 bits per heavy atom. The average Bonchev–Trinajstić information content (AvgIpc) is 1.94. The van der Waals surface area contributed by atoms with Gasteiger partial charge in [-0.2, -0.15) is 0 Å². The summed E-state index contributed by atoms with van der Waals surface area (Å²) in [5, 5.41) is 9.03. The fourth-order valence-corrected chi connectivity index (χ4v) is 0.885. The molecule has 1 aromatic carbocycles. The first kappa shape index (κ1) is 7.38. The standard InChI is InChI=1S/C7H8ClNO/c1-5-2-3-6(8)7(4-5)9-10/h2-4,9-10H,1H3. The fourth-order valence-electron chi connectivity index (χ4n) is 0.725. The van der Waals surface area contributed by atoms with Crippen LogP contribution in [0.15, 0.2) is 18.2 Å². The summed E-state index contributed by atoms with van der Waals surface area (Å²) < 4.78 is 0. The molecule has 0 amide bonds. The molecular formula is C7H8ClNO. The molecule has 10 heavy (non-hydrogen) atoms. The molecule has 0 bridgehead atoms. The number of hydrogen-bond donors (Lipinski definition) is 2. The first-order chi connectivity index (χ1) is 4.74. The van der Waals surface area contributed by atoms with Crippen LogP contribution in [0.1, 0.15) is 5.56 Å². The van der Waals surface area contributed by atoms with Crippen molar-refractivity contribution < 1.29 is 5.21 Å². The maximum Gasteiger partial charge on any atom is 0.0790 e. The monoisotopic (exact) mass is 157 g/mol. The first-order valence-corrected chi connectivity index (χ1v) is 3.28. The van der Waals surface area contributed by atoms with Gasteiger partial charge >= 0.3 is 0 Å². The predicted molar refractivity (Wildman–Crippen MR) is 41.6 cm³/mol. The lowest BCUT2D eigenvalue weighted by molar-refractivity contribution is 0.389. The zero-order valence-corrected chi connectivity index (χ0v) is 6.31. The van der Waals surface area contributed by atoms with Gasteiger partial charge in [0.15, 0.2) is 0 Å². The molecule has 0 atom stereocenters. The summed E-state index contributed by atoms with van der Waals surface area (Å²) in [6, 6.07) is 5.38. The van der Waals surface area contributed by atoms with E-state index in [-0.39, 0.29) is 0 Å². The SMILES string of the molecule is Cc1ccc(Cl)c(NO)c1. The van der Waals surface area contributed by atoms with Gasteiger partial charge in [-0.25, -0.2) is 0 Å². The average molecular weight is 158 g/mol. The van der Waals surface area contributed by atoms with Crippen LogP contribution in [-0.4, -0.2) is 5.21 Å². The third-order valence-corrected chi connectivity index (χ3v) is 1.57. The third kappa shape index (κ3) is 1.40. The molecule has 3 heteroatoms. The van der Waals surface area contributed by atoms with E-state index < -0.39 is 0 Å². The van der Waals surface area contributed by atoms with E-state index in [1.54, 1.807) is 12.1 Å². The van der Waals surface area contributed by atoms with Crippen LogP contribution < -0.4 is 5.48 Å². The molecule has 54 valence electrons. The van der Waals surface area contributed by atoms with Crippen LogP contribution in [0.25, 0.3) is 0 Å². The van der Waals surface area contributed by atoms with E-state index in [4.69, 9.17) is 16.8 Å². The molecule has 0 saturated heterocycles. The summed E-state index contributed by atoms with van der Waals surface area (Å²) in [5.41, 5.74) is 3.60. The molecule has 0 unspecified atom stereocenters. The van der Waals surface area contributed by atoms with Gasteiger partial charge in [0.25, 0.3) is 0 Å². The van der Waals surface area contributed by atoms with Gasteiger partial charge in [0.1, 0.15) is 0 Å². The number of anilines is 1. The highest BCUT2D eigenvalue weighted by atomic mass is 35.5. The minimum Gasteiger partial charge on any atom is -0.291 e.